The lowest BCUT2D eigenvalue weighted by Crippen LogP contribution is -2.27. The Morgan fingerprint density at radius 2 is 2.14 bits per heavy atom. The van der Waals surface area contributed by atoms with Crippen molar-refractivity contribution >= 4 is 18.3 Å². The highest BCUT2D eigenvalue weighted by molar-refractivity contribution is 5.94. The van der Waals surface area contributed by atoms with E-state index in [4.69, 9.17) is 0 Å². The number of aromatic nitrogens is 2. The summed E-state index contributed by atoms with van der Waals surface area (Å²) in [4.78, 5) is 18.4. The van der Waals surface area contributed by atoms with Gasteiger partial charge in [-0.3, -0.25) is 4.79 Å². The molecule has 112 valence electrons. The number of halogens is 1. The van der Waals surface area contributed by atoms with Gasteiger partial charge in [-0.1, -0.05) is 6.07 Å². The first-order valence-corrected chi connectivity index (χ1v) is 6.69. The maximum atomic E-state index is 12.5. The molecule has 1 N–H and O–H groups in total. The average Bonchev–Trinajstić information content (AvgIpc) is 3.06. The van der Waals surface area contributed by atoms with Gasteiger partial charge in [0, 0.05) is 45.1 Å². The van der Waals surface area contributed by atoms with Crippen molar-refractivity contribution in [3.63, 3.8) is 0 Å². The van der Waals surface area contributed by atoms with Crippen molar-refractivity contribution in [2.45, 2.75) is 19.6 Å². The van der Waals surface area contributed by atoms with E-state index < -0.39 is 0 Å². The standard InChI is InChI=1S/C15H18N4O.ClH/c1-18-6-5-17-14(18)10-19(2)15(20)11-3-4-12-8-16-9-13(12)7-11;/h3-7,16H,8-10H2,1-2H3;1H. The zero-order chi connectivity index (χ0) is 14.1. The number of nitrogens with zero attached hydrogens (tertiary/aromatic N) is 3. The van der Waals surface area contributed by atoms with Gasteiger partial charge in [0.2, 0.25) is 0 Å². The Hall–Kier alpha value is -1.85. The van der Waals surface area contributed by atoms with Crippen LogP contribution in [0.2, 0.25) is 0 Å². The van der Waals surface area contributed by atoms with Crippen LogP contribution in [0, 0.1) is 0 Å². The second kappa shape index (κ2) is 6.28. The lowest BCUT2D eigenvalue weighted by atomic mass is 10.1. The van der Waals surface area contributed by atoms with E-state index in [0.29, 0.717) is 6.54 Å². The third kappa shape index (κ3) is 3.09. The molecular formula is C15H19ClN4O. The van der Waals surface area contributed by atoms with Gasteiger partial charge < -0.3 is 14.8 Å². The predicted octanol–water partition coefficient (Wildman–Crippen LogP) is 1.72. The molecule has 6 heteroatoms. The van der Waals surface area contributed by atoms with E-state index in [0.717, 1.165) is 24.5 Å². The van der Waals surface area contributed by atoms with Gasteiger partial charge in [0.25, 0.3) is 5.91 Å². The van der Waals surface area contributed by atoms with Gasteiger partial charge in [-0.15, -0.1) is 12.4 Å². The molecule has 0 fully saturated rings. The highest BCUT2D eigenvalue weighted by atomic mass is 35.5. The third-order valence-corrected chi connectivity index (χ3v) is 3.73. The molecule has 1 aliphatic heterocycles. The summed E-state index contributed by atoms with van der Waals surface area (Å²) in [5.74, 6) is 0.909. The fourth-order valence-corrected chi connectivity index (χ4v) is 2.48. The normalized spacial score (nSPS) is 12.7. The van der Waals surface area contributed by atoms with Crippen LogP contribution >= 0.6 is 12.4 Å². The van der Waals surface area contributed by atoms with E-state index in [1.54, 1.807) is 11.1 Å². The van der Waals surface area contributed by atoms with Gasteiger partial charge in [-0.25, -0.2) is 4.98 Å². The van der Waals surface area contributed by atoms with E-state index in [-0.39, 0.29) is 18.3 Å². The minimum atomic E-state index is 0. The molecule has 1 aromatic heterocycles. The molecule has 3 rings (SSSR count). The molecule has 0 bridgehead atoms. The molecule has 0 saturated heterocycles. The summed E-state index contributed by atoms with van der Waals surface area (Å²) >= 11 is 0. The van der Waals surface area contributed by atoms with Crippen LogP contribution in [0.15, 0.2) is 30.6 Å². The van der Waals surface area contributed by atoms with Gasteiger partial charge in [0.1, 0.15) is 5.82 Å². The topological polar surface area (TPSA) is 50.2 Å². The molecule has 0 radical (unpaired) electrons. The second-order valence-electron chi connectivity index (χ2n) is 5.20. The molecule has 2 heterocycles. The molecule has 0 aliphatic carbocycles. The summed E-state index contributed by atoms with van der Waals surface area (Å²) < 4.78 is 1.93. The Balaban J connectivity index is 0.00000161. The number of hydrogen-bond donors (Lipinski definition) is 1. The van der Waals surface area contributed by atoms with Crippen molar-refractivity contribution < 1.29 is 4.79 Å². The van der Waals surface area contributed by atoms with Crippen LogP contribution in [-0.2, 0) is 26.7 Å². The van der Waals surface area contributed by atoms with Crippen molar-refractivity contribution in [1.82, 2.24) is 19.8 Å². The van der Waals surface area contributed by atoms with E-state index in [1.807, 2.05) is 43.1 Å². The molecule has 5 nitrogen and oxygen atoms in total. The molecule has 1 amide bonds. The Morgan fingerprint density at radius 3 is 2.86 bits per heavy atom. The molecule has 2 aromatic rings. The van der Waals surface area contributed by atoms with Gasteiger partial charge in [0.15, 0.2) is 0 Å². The Bertz CT molecular complexity index is 653. The van der Waals surface area contributed by atoms with Crippen LogP contribution in [0.4, 0.5) is 0 Å². The number of fused-ring (bicyclic) bond motifs is 1. The zero-order valence-corrected chi connectivity index (χ0v) is 13.0. The van der Waals surface area contributed by atoms with Crippen LogP contribution in [-0.4, -0.2) is 27.4 Å². The summed E-state index contributed by atoms with van der Waals surface area (Å²) in [7, 11) is 3.74. The lowest BCUT2D eigenvalue weighted by molar-refractivity contribution is 0.0780. The fourth-order valence-electron chi connectivity index (χ4n) is 2.48. The summed E-state index contributed by atoms with van der Waals surface area (Å²) in [6, 6.07) is 5.94. The lowest BCUT2D eigenvalue weighted by Gasteiger charge is -2.17. The van der Waals surface area contributed by atoms with Crippen molar-refractivity contribution in [2.75, 3.05) is 7.05 Å². The maximum Gasteiger partial charge on any atom is 0.254 e. The number of aryl methyl sites for hydroxylation is 1. The first-order valence-electron chi connectivity index (χ1n) is 6.69. The summed E-state index contributed by atoms with van der Waals surface area (Å²) in [6.45, 7) is 2.25. The SMILES string of the molecule is CN(Cc1nccn1C)C(=O)c1ccc2c(c1)CNC2.Cl. The quantitative estimate of drug-likeness (QED) is 0.939. The monoisotopic (exact) mass is 306 g/mol. The van der Waals surface area contributed by atoms with E-state index in [2.05, 4.69) is 10.3 Å². The summed E-state index contributed by atoms with van der Waals surface area (Å²) in [5.41, 5.74) is 3.25. The second-order valence-corrected chi connectivity index (χ2v) is 5.20. The highest BCUT2D eigenvalue weighted by Gasteiger charge is 2.17. The number of rotatable bonds is 3. The molecule has 1 aliphatic rings. The molecular weight excluding hydrogens is 288 g/mol. The van der Waals surface area contributed by atoms with Crippen LogP contribution in [0.3, 0.4) is 0 Å². The third-order valence-electron chi connectivity index (χ3n) is 3.73. The van der Waals surface area contributed by atoms with Crippen molar-refractivity contribution in [2.24, 2.45) is 7.05 Å². The van der Waals surface area contributed by atoms with E-state index >= 15 is 0 Å². The number of nitrogens with one attached hydrogen (secondary N) is 1. The molecule has 1 aromatic carbocycles. The Labute approximate surface area is 130 Å². The minimum absolute atomic E-state index is 0. The molecule has 0 spiro atoms. The summed E-state index contributed by atoms with van der Waals surface area (Å²) in [5, 5.41) is 3.29. The first-order chi connectivity index (χ1) is 9.65. The fraction of sp³-hybridized carbons (Fsp3) is 0.333. The van der Waals surface area contributed by atoms with Crippen molar-refractivity contribution in [1.29, 1.82) is 0 Å². The Morgan fingerprint density at radius 1 is 1.38 bits per heavy atom. The maximum absolute atomic E-state index is 12.5. The van der Waals surface area contributed by atoms with Crippen LogP contribution in [0.5, 0.6) is 0 Å². The molecule has 0 unspecified atom stereocenters. The van der Waals surface area contributed by atoms with E-state index in [1.165, 1.54) is 11.1 Å². The highest BCUT2D eigenvalue weighted by Crippen LogP contribution is 2.18. The van der Waals surface area contributed by atoms with Gasteiger partial charge in [-0.05, 0) is 23.3 Å². The Kier molecular flexibility index (Phi) is 4.65. The van der Waals surface area contributed by atoms with Crippen LogP contribution in [0.25, 0.3) is 0 Å². The molecule has 0 atom stereocenters. The summed E-state index contributed by atoms with van der Waals surface area (Å²) in [6.07, 6.45) is 3.63. The van der Waals surface area contributed by atoms with Crippen molar-refractivity contribution in [3.8, 4) is 0 Å². The number of carbonyl (C=O) groups excluding carboxylic acids is 1. The van der Waals surface area contributed by atoms with Gasteiger partial charge >= 0.3 is 0 Å². The van der Waals surface area contributed by atoms with E-state index in [9.17, 15) is 4.79 Å². The zero-order valence-electron chi connectivity index (χ0n) is 12.2. The first kappa shape index (κ1) is 15.5. The minimum Gasteiger partial charge on any atom is -0.337 e. The number of hydrogen-bond acceptors (Lipinski definition) is 3. The number of benzene rings is 1. The van der Waals surface area contributed by atoms with Gasteiger partial charge in [-0.2, -0.15) is 0 Å². The smallest absolute Gasteiger partial charge is 0.254 e. The van der Waals surface area contributed by atoms with Crippen LogP contribution < -0.4 is 5.32 Å². The van der Waals surface area contributed by atoms with Crippen molar-refractivity contribution in [3.05, 3.63) is 53.1 Å². The molecule has 21 heavy (non-hydrogen) atoms. The number of carbonyl (C=O) groups is 1. The molecule has 0 saturated carbocycles. The number of amides is 1. The average molecular weight is 307 g/mol. The van der Waals surface area contributed by atoms with Gasteiger partial charge in [0.05, 0.1) is 6.54 Å². The largest absolute Gasteiger partial charge is 0.337 e. The van der Waals surface area contributed by atoms with Crippen LogP contribution in [0.1, 0.15) is 27.3 Å². The number of imidazole rings is 1. The predicted molar refractivity (Wildman–Crippen MR) is 83.2 cm³/mol.